The van der Waals surface area contributed by atoms with Gasteiger partial charge in [-0.3, -0.25) is 0 Å². The van der Waals surface area contributed by atoms with Crippen molar-refractivity contribution in [3.8, 4) is 5.75 Å². The molecule has 0 fully saturated rings. The van der Waals surface area contributed by atoms with E-state index >= 15 is 0 Å². The molecule has 3 aromatic rings. The Kier molecular flexibility index (Phi) is 3.18. The van der Waals surface area contributed by atoms with E-state index in [1.165, 1.54) is 0 Å². The van der Waals surface area contributed by atoms with E-state index in [1.54, 1.807) is 38.3 Å². The van der Waals surface area contributed by atoms with Gasteiger partial charge in [-0.15, -0.1) is 0 Å². The zero-order valence-electron chi connectivity index (χ0n) is 12.3. The van der Waals surface area contributed by atoms with E-state index in [0.717, 1.165) is 16.8 Å². The molecule has 0 bridgehead atoms. The summed E-state index contributed by atoms with van der Waals surface area (Å²) in [5.74, 6) is 1.03. The van der Waals surface area contributed by atoms with Crippen molar-refractivity contribution in [2.24, 2.45) is 0 Å². The van der Waals surface area contributed by atoms with Gasteiger partial charge in [0.2, 0.25) is 5.89 Å². The fourth-order valence-corrected chi connectivity index (χ4v) is 2.33. The van der Waals surface area contributed by atoms with Crippen molar-refractivity contribution in [1.29, 1.82) is 0 Å². The van der Waals surface area contributed by atoms with E-state index < -0.39 is 5.60 Å². The van der Waals surface area contributed by atoms with Crippen LogP contribution in [0.2, 0.25) is 0 Å². The van der Waals surface area contributed by atoms with E-state index in [4.69, 9.17) is 9.15 Å². The number of ether oxygens (including phenoxy) is 1. The van der Waals surface area contributed by atoms with Gasteiger partial charge in [0.05, 0.1) is 7.11 Å². The number of oxazole rings is 1. The number of hydrogen-bond acceptors (Lipinski definition) is 4. The molecule has 0 aliphatic carbocycles. The minimum Gasteiger partial charge on any atom is -0.497 e. The number of fused-ring (bicyclic) bond motifs is 1. The van der Waals surface area contributed by atoms with Gasteiger partial charge in [0, 0.05) is 0 Å². The van der Waals surface area contributed by atoms with Crippen LogP contribution in [0.5, 0.6) is 5.75 Å². The SMILES string of the molecule is COc1ccc(C(C)(O)c2nc3c(C)cccc3o2)cc1. The molecule has 0 amide bonds. The summed E-state index contributed by atoms with van der Waals surface area (Å²) in [5, 5.41) is 10.8. The summed E-state index contributed by atoms with van der Waals surface area (Å²) in [7, 11) is 1.61. The predicted molar refractivity (Wildman–Crippen MR) is 80.4 cm³/mol. The monoisotopic (exact) mass is 283 g/mol. The van der Waals surface area contributed by atoms with Gasteiger partial charge in [-0.2, -0.15) is 0 Å². The molecule has 1 heterocycles. The first kappa shape index (κ1) is 13.6. The van der Waals surface area contributed by atoms with Gasteiger partial charge in [0.15, 0.2) is 11.2 Å². The van der Waals surface area contributed by atoms with E-state index in [9.17, 15) is 5.11 Å². The van der Waals surface area contributed by atoms with Crippen molar-refractivity contribution >= 4 is 11.1 Å². The Morgan fingerprint density at radius 3 is 2.48 bits per heavy atom. The van der Waals surface area contributed by atoms with Crippen LogP contribution in [0.1, 0.15) is 23.9 Å². The average Bonchev–Trinajstić information content (AvgIpc) is 2.94. The summed E-state index contributed by atoms with van der Waals surface area (Å²) in [6.07, 6.45) is 0. The zero-order valence-corrected chi connectivity index (χ0v) is 12.3. The second-order valence-electron chi connectivity index (χ2n) is 5.24. The van der Waals surface area contributed by atoms with Crippen molar-refractivity contribution in [2.45, 2.75) is 19.4 Å². The van der Waals surface area contributed by atoms with Crippen LogP contribution in [0.3, 0.4) is 0 Å². The first-order valence-electron chi connectivity index (χ1n) is 6.76. The minimum absolute atomic E-state index is 0.289. The molecule has 21 heavy (non-hydrogen) atoms. The van der Waals surface area contributed by atoms with Gasteiger partial charge in [0.25, 0.3) is 0 Å². The van der Waals surface area contributed by atoms with Crippen LogP contribution in [0.25, 0.3) is 11.1 Å². The smallest absolute Gasteiger partial charge is 0.231 e. The molecule has 0 saturated heterocycles. The standard InChI is InChI=1S/C17H17NO3/c1-11-5-4-6-14-15(11)18-16(21-14)17(2,19)12-7-9-13(20-3)10-8-12/h4-10,19H,1-3H3. The van der Waals surface area contributed by atoms with Crippen LogP contribution in [0.4, 0.5) is 0 Å². The lowest BCUT2D eigenvalue weighted by molar-refractivity contribution is 0.0726. The molecule has 2 aromatic carbocycles. The van der Waals surface area contributed by atoms with Gasteiger partial charge in [-0.25, -0.2) is 4.98 Å². The lowest BCUT2D eigenvalue weighted by atomic mass is 9.96. The molecule has 108 valence electrons. The van der Waals surface area contributed by atoms with Gasteiger partial charge in [-0.05, 0) is 43.2 Å². The third kappa shape index (κ3) is 2.28. The number of methoxy groups -OCH3 is 1. The van der Waals surface area contributed by atoms with Crippen LogP contribution in [-0.4, -0.2) is 17.2 Å². The molecule has 4 nitrogen and oxygen atoms in total. The maximum atomic E-state index is 10.8. The Bertz CT molecular complexity index is 772. The van der Waals surface area contributed by atoms with Crippen molar-refractivity contribution in [3.63, 3.8) is 0 Å². The van der Waals surface area contributed by atoms with Crippen LogP contribution in [-0.2, 0) is 5.60 Å². The van der Waals surface area contributed by atoms with Gasteiger partial charge in [0.1, 0.15) is 11.3 Å². The van der Waals surface area contributed by atoms with Crippen LogP contribution >= 0.6 is 0 Å². The number of hydrogen-bond donors (Lipinski definition) is 1. The number of aliphatic hydroxyl groups is 1. The highest BCUT2D eigenvalue weighted by atomic mass is 16.5. The summed E-state index contributed by atoms with van der Waals surface area (Å²) in [6, 6.07) is 12.9. The number of aromatic nitrogens is 1. The van der Waals surface area contributed by atoms with Gasteiger partial charge < -0.3 is 14.3 Å². The Balaban J connectivity index is 2.07. The van der Waals surface area contributed by atoms with Crippen molar-refractivity contribution in [2.75, 3.05) is 7.11 Å². The normalized spacial score (nSPS) is 14.1. The van der Waals surface area contributed by atoms with Crippen LogP contribution < -0.4 is 4.74 Å². The summed E-state index contributed by atoms with van der Waals surface area (Å²) in [5.41, 5.74) is 1.89. The van der Waals surface area contributed by atoms with E-state index in [2.05, 4.69) is 4.98 Å². The Labute approximate surface area is 123 Å². The Morgan fingerprint density at radius 1 is 1.14 bits per heavy atom. The maximum absolute atomic E-state index is 10.8. The largest absolute Gasteiger partial charge is 0.497 e. The van der Waals surface area contributed by atoms with Crippen LogP contribution in [0, 0.1) is 6.92 Å². The predicted octanol–water partition coefficient (Wildman–Crippen LogP) is 3.40. The van der Waals surface area contributed by atoms with E-state index in [-0.39, 0.29) is 5.89 Å². The van der Waals surface area contributed by atoms with Crippen molar-refractivity contribution in [1.82, 2.24) is 4.98 Å². The third-order valence-corrected chi connectivity index (χ3v) is 3.69. The molecule has 1 atom stereocenters. The summed E-state index contributed by atoms with van der Waals surface area (Å²) >= 11 is 0. The highest BCUT2D eigenvalue weighted by Gasteiger charge is 2.31. The molecule has 1 aromatic heterocycles. The topological polar surface area (TPSA) is 55.5 Å². The maximum Gasteiger partial charge on any atom is 0.231 e. The molecule has 0 radical (unpaired) electrons. The lowest BCUT2D eigenvalue weighted by Crippen LogP contribution is -2.23. The molecular formula is C17H17NO3. The molecule has 1 unspecified atom stereocenters. The molecule has 4 heteroatoms. The molecule has 0 spiro atoms. The number of rotatable bonds is 3. The van der Waals surface area contributed by atoms with Gasteiger partial charge in [-0.1, -0.05) is 24.3 Å². The minimum atomic E-state index is -1.29. The number of aryl methyl sites for hydroxylation is 1. The van der Waals surface area contributed by atoms with Crippen molar-refractivity contribution in [3.05, 3.63) is 59.5 Å². The lowest BCUT2D eigenvalue weighted by Gasteiger charge is -2.20. The summed E-state index contributed by atoms with van der Waals surface area (Å²) in [6.45, 7) is 3.64. The van der Waals surface area contributed by atoms with E-state index in [0.29, 0.717) is 11.1 Å². The van der Waals surface area contributed by atoms with E-state index in [1.807, 2.05) is 25.1 Å². The Morgan fingerprint density at radius 2 is 1.86 bits per heavy atom. The molecule has 0 aliphatic heterocycles. The van der Waals surface area contributed by atoms with Gasteiger partial charge >= 0.3 is 0 Å². The highest BCUT2D eigenvalue weighted by Crippen LogP contribution is 2.32. The molecule has 0 saturated carbocycles. The molecular weight excluding hydrogens is 266 g/mol. The molecule has 3 rings (SSSR count). The molecule has 0 aliphatic rings. The third-order valence-electron chi connectivity index (χ3n) is 3.69. The zero-order chi connectivity index (χ0) is 15.0. The molecule has 1 N–H and O–H groups in total. The van der Waals surface area contributed by atoms with Crippen molar-refractivity contribution < 1.29 is 14.3 Å². The number of para-hydroxylation sites is 1. The second-order valence-corrected chi connectivity index (χ2v) is 5.24. The quantitative estimate of drug-likeness (QED) is 0.800. The first-order valence-corrected chi connectivity index (χ1v) is 6.76. The second kappa shape index (κ2) is 4.90. The number of nitrogens with zero attached hydrogens (tertiary/aromatic N) is 1. The Hall–Kier alpha value is -2.33. The van der Waals surface area contributed by atoms with Crippen LogP contribution in [0.15, 0.2) is 46.9 Å². The first-order chi connectivity index (χ1) is 10.0. The average molecular weight is 283 g/mol. The summed E-state index contributed by atoms with van der Waals surface area (Å²) < 4.78 is 10.9. The fourth-order valence-electron chi connectivity index (χ4n) is 2.33. The highest BCUT2D eigenvalue weighted by molar-refractivity contribution is 5.76. The summed E-state index contributed by atoms with van der Waals surface area (Å²) in [4.78, 5) is 4.45. The number of benzene rings is 2. The fraction of sp³-hybridized carbons (Fsp3) is 0.235.